The van der Waals surface area contributed by atoms with E-state index in [1.807, 2.05) is 0 Å². The summed E-state index contributed by atoms with van der Waals surface area (Å²) in [7, 11) is -12.5. The lowest BCUT2D eigenvalue weighted by molar-refractivity contribution is -0.152. The number of nitrogens with two attached hydrogens (primary N) is 3. The van der Waals surface area contributed by atoms with E-state index in [1.54, 1.807) is 108 Å². The molecule has 0 aliphatic carbocycles. The van der Waals surface area contributed by atoms with Gasteiger partial charge in [0.1, 0.15) is 94.3 Å². The second-order valence-corrected chi connectivity index (χ2v) is 36.7. The number of nitrogen functional groups attached to an aromatic ring is 2. The Morgan fingerprint density at radius 3 is 1.05 bits per heavy atom. The number of alkyl halides is 6. The van der Waals surface area contributed by atoms with E-state index in [0.717, 1.165) is 11.1 Å². The van der Waals surface area contributed by atoms with Gasteiger partial charge in [0.2, 0.25) is 0 Å². The predicted molar refractivity (Wildman–Crippen MR) is 417 cm³/mol. The Hall–Kier alpha value is -7.64. The number of aliphatic imine (C=N–C) groups is 1. The minimum absolute atomic E-state index is 0.102. The number of aliphatic hydroxyl groups excluding tert-OH is 3. The van der Waals surface area contributed by atoms with Crippen molar-refractivity contribution in [3.63, 3.8) is 0 Å². The Bertz CT molecular complexity index is 4410. The Morgan fingerprint density at radius 2 is 0.778 bits per heavy atom. The number of rotatable bonds is 33. The molecular weight excluding hydrogens is 1680 g/mol. The van der Waals surface area contributed by atoms with Crippen LogP contribution in [0.15, 0.2) is 142 Å². The number of hydrogen-bond donors (Lipinski definition) is 6. The van der Waals surface area contributed by atoms with Crippen LogP contribution in [0.25, 0.3) is 0 Å². The maximum Gasteiger partial charge on any atom is 0.380 e. The maximum absolute atomic E-state index is 14.3. The van der Waals surface area contributed by atoms with E-state index < -0.39 is 244 Å². The molecule has 3 fully saturated rings. The number of esters is 3. The summed E-state index contributed by atoms with van der Waals surface area (Å²) in [5, 5.41) is 32.9. The minimum Gasteiger partial charge on any atom is -0.463 e. The van der Waals surface area contributed by atoms with Gasteiger partial charge in [0.15, 0.2) is 53.6 Å². The molecule has 9 rings (SSSR count). The summed E-state index contributed by atoms with van der Waals surface area (Å²) >= 11 is 19.2. The first kappa shape index (κ1) is 96.5. The van der Waals surface area contributed by atoms with Gasteiger partial charge in [0.05, 0.1) is 85.3 Å². The number of halogens is 9. The first-order valence-corrected chi connectivity index (χ1v) is 42.6. The van der Waals surface area contributed by atoms with E-state index >= 15 is 0 Å². The Balaban J connectivity index is 0.000000242. The highest BCUT2D eigenvalue weighted by molar-refractivity contribution is 7.55. The molecule has 0 amide bonds. The molecule has 2 aromatic heterocycles. The van der Waals surface area contributed by atoms with Gasteiger partial charge >= 0.3 is 52.1 Å². The molecule has 0 spiro atoms. The zero-order chi connectivity index (χ0) is 87.4. The Labute approximate surface area is 684 Å². The van der Waals surface area contributed by atoms with Crippen LogP contribution in [0, 0.1) is 29.4 Å². The molecule has 0 saturated carbocycles. The van der Waals surface area contributed by atoms with Crippen LogP contribution in [0.5, 0.6) is 17.2 Å². The number of carbonyl (C=O) groups excluding carboxylic acids is 3. The number of nitrogens with zero attached hydrogens (tertiary/aromatic N) is 6. The summed E-state index contributed by atoms with van der Waals surface area (Å²) < 4.78 is 196. The highest BCUT2D eigenvalue weighted by atomic mass is 35.5. The number of aromatic nitrogens is 4. The normalized spacial score (nSPS) is 26.9. The first-order valence-electron chi connectivity index (χ1n) is 36.3. The quantitative estimate of drug-likeness (QED) is 0.00747. The molecule has 3 saturated heterocycles. The molecule has 21 atom stereocenters. The summed E-state index contributed by atoms with van der Waals surface area (Å²) in [5.41, 5.74) is 13.9. The molecule has 648 valence electrons. The molecule has 5 aromatic rings. The monoisotopic (exact) mass is 1780 g/mol. The second-order valence-electron chi connectivity index (χ2n) is 28.7. The van der Waals surface area contributed by atoms with Crippen LogP contribution in [0.2, 0.25) is 0 Å². The number of hydrogen-bond acceptors (Lipinski definition) is 30. The van der Waals surface area contributed by atoms with Crippen molar-refractivity contribution in [3.8, 4) is 17.2 Å². The third-order valence-electron chi connectivity index (χ3n) is 17.9. The predicted octanol–water partition coefficient (Wildman–Crippen LogP) is 11.1. The Kier molecular flexibility index (Phi) is 33.5. The molecule has 6 heterocycles. The number of para-hydroxylation sites is 3. The largest absolute Gasteiger partial charge is 0.463 e. The average Bonchev–Trinajstić information content (AvgIpc) is 1.61. The van der Waals surface area contributed by atoms with Crippen LogP contribution in [0.1, 0.15) is 95.5 Å². The van der Waals surface area contributed by atoms with E-state index in [-0.39, 0.29) is 29.2 Å². The van der Waals surface area contributed by atoms with Gasteiger partial charge in [-0.2, -0.15) is 9.97 Å². The van der Waals surface area contributed by atoms with E-state index in [4.69, 9.17) is 108 Å². The molecule has 44 heteroatoms. The van der Waals surface area contributed by atoms with E-state index in [9.17, 15) is 79.3 Å². The van der Waals surface area contributed by atoms with Gasteiger partial charge in [0, 0.05) is 6.20 Å². The number of benzene rings is 3. The van der Waals surface area contributed by atoms with Crippen molar-refractivity contribution < 1.29 is 125 Å². The van der Waals surface area contributed by atoms with Crippen LogP contribution >= 0.6 is 57.6 Å². The van der Waals surface area contributed by atoms with Gasteiger partial charge < -0.3 is 79.4 Å². The molecule has 4 aliphatic rings. The van der Waals surface area contributed by atoms with Gasteiger partial charge in [-0.25, -0.2) is 54.6 Å². The topological polar surface area (TPSA) is 437 Å². The van der Waals surface area contributed by atoms with Crippen molar-refractivity contribution >= 4 is 93.0 Å². The fourth-order valence-corrected chi connectivity index (χ4v) is 19.2. The summed E-state index contributed by atoms with van der Waals surface area (Å²) in [5.74, 6) is -9.09. The molecule has 9 N–H and O–H groups in total. The number of anilines is 2. The summed E-state index contributed by atoms with van der Waals surface area (Å²) in [6.07, 6.45) is -18.7. The van der Waals surface area contributed by atoms with Crippen molar-refractivity contribution in [3.05, 3.63) is 160 Å². The highest BCUT2D eigenvalue weighted by Crippen LogP contribution is 2.57. The molecule has 0 radical (unpaired) electrons. The lowest BCUT2D eigenvalue weighted by Gasteiger charge is -2.36. The van der Waals surface area contributed by atoms with Gasteiger partial charge in [0.25, 0.3) is 0 Å². The second kappa shape index (κ2) is 40.6. The van der Waals surface area contributed by atoms with Crippen LogP contribution < -0.4 is 42.2 Å². The number of aliphatic hydroxyl groups is 3. The lowest BCUT2D eigenvalue weighted by Crippen LogP contribution is -2.52. The van der Waals surface area contributed by atoms with Gasteiger partial charge in [-0.05, 0) is 98.7 Å². The standard InChI is InChI=1S/C25H33ClF2N3O7P.2C24H31ClF2N3O8P/c1-14(2)35-23(33)15(3)12-39(34,38-18-9-7-6-8-10-18)37-16(4)20-21(32)25(26,13-27)24(36-20)31-11-19(28)22(29)30-17(31)5;2*1-13(2)35-21(32)14(3)11-39(34,38-16-8-6-5-7-9-16)37-15(4)18-19(31)24(25,12-26)22(36-18)30-10-17(27)20(28)29-23(30)33/h6-11,14-16,20-21,24,32H,5,12-13H2,1-4H3,(H2,29,30);2*5-10,13-15,18-19,22,31H,11-12H2,1-4H3,(H2,28,29,33)/t15-,16-,20-,21+,24-,25?,39-;14-,15-,18-,19+,22-,24?,39?;14-,15-,18-,19+,22-,24?,39+/m111/s1. The SMILES string of the molecule is C=C1N=C(N)C(F)=CN1[C@@H]1O[C@H]([C@@H](C)O[P@](=O)(C[C@@H](C)C(=O)OC(C)C)Oc2ccccc2)[C@H](O)C1(Cl)CF.CC(C)OC(=O)[C@H](C)CP(=O)(Oc1ccccc1)O[C@H](C)[C@H]1O[C@@H](n2cc(F)c(N)nc2=O)C(Cl)(CF)[C@H]1O.CC(C)OC(=O)[C@H](C)C[P@@](=O)(Oc1ccccc1)O[C@H](C)[C@H]1O[C@@H](n2cc(F)c(N)nc2=O)C(Cl)(CF)[C@H]1O. The molecule has 3 aromatic carbocycles. The average molecular weight is 1780 g/mol. The molecule has 4 aliphatic heterocycles. The third-order valence-corrected chi connectivity index (χ3v) is 25.8. The fraction of sp³-hybridized carbons (Fsp3) is 0.534. The van der Waals surface area contributed by atoms with E-state index in [0.29, 0.717) is 21.5 Å². The van der Waals surface area contributed by atoms with Crippen molar-refractivity contribution in [2.75, 3.05) is 50.0 Å². The van der Waals surface area contributed by atoms with Crippen LogP contribution in [0.4, 0.5) is 38.0 Å². The molecule has 117 heavy (non-hydrogen) atoms. The smallest absolute Gasteiger partial charge is 0.380 e. The zero-order valence-electron chi connectivity index (χ0n) is 65.4. The van der Waals surface area contributed by atoms with Crippen molar-refractivity contribution in [2.45, 2.75) is 190 Å². The van der Waals surface area contributed by atoms with Gasteiger partial charge in [-0.3, -0.25) is 37.1 Å². The molecular formula is C73H95Cl3F6N9O23P3. The molecule has 4 unspecified atom stereocenters. The van der Waals surface area contributed by atoms with Crippen LogP contribution in [-0.4, -0.2) is 196 Å². The fourth-order valence-electron chi connectivity index (χ4n) is 12.1. The van der Waals surface area contributed by atoms with Crippen molar-refractivity contribution in [2.24, 2.45) is 28.5 Å². The minimum atomic E-state index is -4.18. The molecule has 32 nitrogen and oxygen atoms in total. The number of ether oxygens (including phenoxy) is 6. The zero-order valence-corrected chi connectivity index (χ0v) is 70.4. The summed E-state index contributed by atoms with van der Waals surface area (Å²) in [4.78, 5) is 66.8. The van der Waals surface area contributed by atoms with E-state index in [2.05, 4.69) is 21.5 Å². The van der Waals surface area contributed by atoms with Crippen molar-refractivity contribution in [1.82, 2.24) is 24.0 Å². The highest BCUT2D eigenvalue weighted by Gasteiger charge is 2.63. The van der Waals surface area contributed by atoms with Crippen molar-refractivity contribution in [1.29, 1.82) is 0 Å². The van der Waals surface area contributed by atoms with Crippen LogP contribution in [-0.2, 0) is 70.1 Å². The summed E-state index contributed by atoms with van der Waals surface area (Å²) in [6, 6.07) is 24.2. The van der Waals surface area contributed by atoms with Gasteiger partial charge in [-0.15, -0.1) is 34.8 Å². The van der Waals surface area contributed by atoms with E-state index in [1.165, 1.54) is 65.8 Å². The van der Waals surface area contributed by atoms with Crippen LogP contribution in [0.3, 0.4) is 0 Å². The lowest BCUT2D eigenvalue weighted by atomic mass is 9.97. The third kappa shape index (κ3) is 23.9. The number of amidine groups is 1. The molecule has 0 bridgehead atoms. The van der Waals surface area contributed by atoms with Gasteiger partial charge in [-0.1, -0.05) is 81.9 Å². The Morgan fingerprint density at radius 1 is 0.504 bits per heavy atom. The number of carbonyl (C=O) groups is 3. The first-order chi connectivity index (χ1) is 54.6. The summed E-state index contributed by atoms with van der Waals surface area (Å²) in [6.45, 7) is 18.2. The maximum atomic E-state index is 14.3.